The number of ketones is 1. The molecule has 0 saturated carbocycles. The van der Waals surface area contributed by atoms with Crippen molar-refractivity contribution in [2.24, 2.45) is 0 Å². The van der Waals surface area contributed by atoms with Gasteiger partial charge in [0, 0.05) is 12.5 Å². The summed E-state index contributed by atoms with van der Waals surface area (Å²) in [6, 6.07) is 6.66. The third kappa shape index (κ3) is 3.08. The molecule has 0 amide bonds. The predicted octanol–water partition coefficient (Wildman–Crippen LogP) is 1.83. The molecule has 16 heavy (non-hydrogen) atoms. The van der Waals surface area contributed by atoms with Crippen molar-refractivity contribution in [3.8, 4) is 5.75 Å². The second-order valence-electron chi connectivity index (χ2n) is 3.34. The number of esters is 1. The van der Waals surface area contributed by atoms with Gasteiger partial charge in [-0.15, -0.1) is 0 Å². The number of hydrogen-bond acceptors (Lipinski definition) is 4. The summed E-state index contributed by atoms with van der Waals surface area (Å²) in [5, 5.41) is 0. The van der Waals surface area contributed by atoms with Crippen LogP contribution < -0.4 is 4.74 Å². The summed E-state index contributed by atoms with van der Waals surface area (Å²) >= 11 is 0. The molecule has 1 aromatic rings. The molecule has 1 atom stereocenters. The highest BCUT2D eigenvalue weighted by atomic mass is 16.5. The van der Waals surface area contributed by atoms with Gasteiger partial charge in [0.25, 0.3) is 0 Å². The van der Waals surface area contributed by atoms with Crippen molar-refractivity contribution in [1.82, 2.24) is 0 Å². The fourth-order valence-electron chi connectivity index (χ4n) is 1.29. The molecule has 1 rings (SSSR count). The molecule has 0 aromatic heterocycles. The molecule has 0 radical (unpaired) electrons. The molecule has 0 spiro atoms. The fourth-order valence-corrected chi connectivity index (χ4v) is 1.29. The fraction of sp³-hybridized carbons (Fsp3) is 0.333. The van der Waals surface area contributed by atoms with E-state index in [-0.39, 0.29) is 5.78 Å². The summed E-state index contributed by atoms with van der Waals surface area (Å²) in [4.78, 5) is 22.5. The lowest BCUT2D eigenvalue weighted by atomic mass is 10.1. The van der Waals surface area contributed by atoms with Crippen molar-refractivity contribution in [2.75, 3.05) is 7.11 Å². The maximum absolute atomic E-state index is 11.8. The highest BCUT2D eigenvalue weighted by Crippen LogP contribution is 2.13. The minimum atomic E-state index is -0.758. The van der Waals surface area contributed by atoms with Gasteiger partial charge in [0.15, 0.2) is 6.10 Å². The molecule has 4 heteroatoms. The van der Waals surface area contributed by atoms with E-state index in [0.717, 1.165) is 0 Å². The van der Waals surface area contributed by atoms with E-state index >= 15 is 0 Å². The summed E-state index contributed by atoms with van der Waals surface area (Å²) in [6.45, 7) is 2.83. The van der Waals surface area contributed by atoms with Gasteiger partial charge >= 0.3 is 5.97 Å². The van der Waals surface area contributed by atoms with Crippen molar-refractivity contribution >= 4 is 11.8 Å². The van der Waals surface area contributed by atoms with Crippen LogP contribution in [0.1, 0.15) is 24.2 Å². The number of benzene rings is 1. The van der Waals surface area contributed by atoms with E-state index in [2.05, 4.69) is 0 Å². The van der Waals surface area contributed by atoms with E-state index in [1.165, 1.54) is 6.92 Å². The first-order chi connectivity index (χ1) is 7.54. The molecular formula is C12H14O4. The Hall–Kier alpha value is -1.84. The minimum Gasteiger partial charge on any atom is -0.497 e. The van der Waals surface area contributed by atoms with Crippen molar-refractivity contribution in [1.29, 1.82) is 0 Å². The van der Waals surface area contributed by atoms with Crippen molar-refractivity contribution in [3.63, 3.8) is 0 Å². The lowest BCUT2D eigenvalue weighted by molar-refractivity contribution is -0.143. The molecule has 0 N–H and O–H groups in total. The standard InChI is InChI=1S/C12H14O4/c1-8(16-9(2)13)12(14)10-4-6-11(15-3)7-5-10/h4-8H,1-3H3. The molecule has 1 unspecified atom stereocenters. The number of ether oxygens (including phenoxy) is 2. The number of carbonyl (C=O) groups excluding carboxylic acids is 2. The lowest BCUT2D eigenvalue weighted by Crippen LogP contribution is -2.22. The van der Waals surface area contributed by atoms with E-state index < -0.39 is 12.1 Å². The topological polar surface area (TPSA) is 52.6 Å². The number of Topliss-reactive ketones (excluding diaryl/α,β-unsaturated/α-hetero) is 1. The van der Waals surface area contributed by atoms with E-state index in [9.17, 15) is 9.59 Å². The largest absolute Gasteiger partial charge is 0.497 e. The van der Waals surface area contributed by atoms with E-state index in [1.807, 2.05) is 0 Å². The highest BCUT2D eigenvalue weighted by Gasteiger charge is 2.17. The number of hydrogen-bond donors (Lipinski definition) is 0. The molecule has 0 saturated heterocycles. The second kappa shape index (κ2) is 5.30. The van der Waals surface area contributed by atoms with Crippen LogP contribution in [0.2, 0.25) is 0 Å². The Morgan fingerprint density at radius 2 is 1.75 bits per heavy atom. The van der Waals surface area contributed by atoms with E-state index in [4.69, 9.17) is 9.47 Å². The van der Waals surface area contributed by atoms with Gasteiger partial charge in [-0.3, -0.25) is 9.59 Å². The van der Waals surface area contributed by atoms with Gasteiger partial charge in [-0.25, -0.2) is 0 Å². The van der Waals surface area contributed by atoms with Crippen LogP contribution in [-0.2, 0) is 9.53 Å². The first kappa shape index (κ1) is 12.2. The lowest BCUT2D eigenvalue weighted by Gasteiger charge is -2.10. The van der Waals surface area contributed by atoms with Gasteiger partial charge < -0.3 is 9.47 Å². The van der Waals surface area contributed by atoms with Gasteiger partial charge in [-0.1, -0.05) is 0 Å². The second-order valence-corrected chi connectivity index (χ2v) is 3.34. The monoisotopic (exact) mass is 222 g/mol. The smallest absolute Gasteiger partial charge is 0.303 e. The molecule has 4 nitrogen and oxygen atoms in total. The third-order valence-electron chi connectivity index (χ3n) is 2.09. The third-order valence-corrected chi connectivity index (χ3v) is 2.09. The van der Waals surface area contributed by atoms with Gasteiger partial charge in [0.2, 0.25) is 5.78 Å². The number of rotatable bonds is 4. The SMILES string of the molecule is COc1ccc(C(=O)C(C)OC(C)=O)cc1. The van der Waals surface area contributed by atoms with Crippen LogP contribution in [0.25, 0.3) is 0 Å². The van der Waals surface area contributed by atoms with Crippen molar-refractivity contribution in [3.05, 3.63) is 29.8 Å². The zero-order valence-corrected chi connectivity index (χ0v) is 9.52. The van der Waals surface area contributed by atoms with Crippen LogP contribution in [0.15, 0.2) is 24.3 Å². The zero-order chi connectivity index (χ0) is 12.1. The first-order valence-corrected chi connectivity index (χ1v) is 4.90. The van der Waals surface area contributed by atoms with Crippen LogP contribution in [0.3, 0.4) is 0 Å². The molecule has 86 valence electrons. The molecule has 0 aliphatic heterocycles. The summed E-state index contributed by atoms with van der Waals surface area (Å²) in [5.41, 5.74) is 0.495. The number of methoxy groups -OCH3 is 1. The molecule has 1 aromatic carbocycles. The van der Waals surface area contributed by atoms with E-state index in [1.54, 1.807) is 38.3 Å². The van der Waals surface area contributed by atoms with Crippen LogP contribution in [-0.4, -0.2) is 25.0 Å². The predicted molar refractivity (Wildman–Crippen MR) is 58.6 cm³/mol. The molecular weight excluding hydrogens is 208 g/mol. The molecule has 0 heterocycles. The summed E-state index contributed by atoms with van der Waals surface area (Å²) in [5.74, 6) is -0.0103. The normalized spacial score (nSPS) is 11.7. The average Bonchev–Trinajstić information content (AvgIpc) is 2.27. The Morgan fingerprint density at radius 1 is 1.19 bits per heavy atom. The van der Waals surface area contributed by atoms with Gasteiger partial charge in [0.1, 0.15) is 5.75 Å². The zero-order valence-electron chi connectivity index (χ0n) is 9.52. The Balaban J connectivity index is 2.75. The first-order valence-electron chi connectivity index (χ1n) is 4.90. The maximum Gasteiger partial charge on any atom is 0.303 e. The quantitative estimate of drug-likeness (QED) is 0.576. The van der Waals surface area contributed by atoms with Crippen molar-refractivity contribution in [2.45, 2.75) is 20.0 Å². The molecule has 0 aliphatic carbocycles. The van der Waals surface area contributed by atoms with Crippen LogP contribution in [0.5, 0.6) is 5.75 Å². The Morgan fingerprint density at radius 3 is 2.19 bits per heavy atom. The summed E-state index contributed by atoms with van der Waals surface area (Å²) in [7, 11) is 1.55. The Bertz CT molecular complexity index is 381. The summed E-state index contributed by atoms with van der Waals surface area (Å²) in [6.07, 6.45) is -0.758. The molecule has 0 fully saturated rings. The number of carbonyl (C=O) groups is 2. The van der Waals surface area contributed by atoms with Gasteiger partial charge in [-0.2, -0.15) is 0 Å². The van der Waals surface area contributed by atoms with E-state index in [0.29, 0.717) is 11.3 Å². The highest BCUT2D eigenvalue weighted by molar-refractivity contribution is 6.00. The Kier molecular flexibility index (Phi) is 4.05. The Labute approximate surface area is 94.2 Å². The van der Waals surface area contributed by atoms with Crippen LogP contribution in [0, 0.1) is 0 Å². The molecule has 0 bridgehead atoms. The molecule has 0 aliphatic rings. The van der Waals surface area contributed by atoms with Crippen LogP contribution in [0.4, 0.5) is 0 Å². The van der Waals surface area contributed by atoms with Gasteiger partial charge in [0.05, 0.1) is 7.11 Å². The van der Waals surface area contributed by atoms with Crippen LogP contribution >= 0.6 is 0 Å². The minimum absolute atomic E-state index is 0.224. The maximum atomic E-state index is 11.8. The average molecular weight is 222 g/mol. The summed E-state index contributed by atoms with van der Waals surface area (Å²) < 4.78 is 9.78. The van der Waals surface area contributed by atoms with Crippen molar-refractivity contribution < 1.29 is 19.1 Å². The van der Waals surface area contributed by atoms with Gasteiger partial charge in [-0.05, 0) is 31.2 Å².